The molecular weight excluding hydrogens is 270 g/mol. The molecule has 0 amide bonds. The quantitative estimate of drug-likeness (QED) is 0.727. The van der Waals surface area contributed by atoms with Crippen molar-refractivity contribution in [2.24, 2.45) is 5.73 Å². The van der Waals surface area contributed by atoms with Crippen molar-refractivity contribution >= 4 is 0 Å². The molecule has 1 aromatic rings. The van der Waals surface area contributed by atoms with Gasteiger partial charge in [-0.1, -0.05) is 12.1 Å². The molecule has 3 atom stereocenters. The standard InChI is InChI=1S/C16H27NO4/c1-11-7-14(13(3)17)5-6-16(11)21-10-15(18)9-20-12(2)8-19-4/h5-7,12-13,15,18H,8-10,17H2,1-4H3/t12?,13-,15?/m0/s1. The van der Waals surface area contributed by atoms with E-state index in [2.05, 4.69) is 0 Å². The van der Waals surface area contributed by atoms with E-state index < -0.39 is 6.10 Å². The molecule has 3 N–H and O–H groups in total. The van der Waals surface area contributed by atoms with Crippen molar-refractivity contribution < 1.29 is 19.3 Å². The first kappa shape index (κ1) is 17.9. The second kappa shape index (κ2) is 9.00. The van der Waals surface area contributed by atoms with Gasteiger partial charge in [-0.3, -0.25) is 0 Å². The minimum atomic E-state index is -0.670. The van der Waals surface area contributed by atoms with Crippen LogP contribution in [0.3, 0.4) is 0 Å². The predicted octanol–water partition coefficient (Wildman–Crippen LogP) is 1.81. The maximum absolute atomic E-state index is 9.85. The van der Waals surface area contributed by atoms with Crippen molar-refractivity contribution in [2.45, 2.75) is 39.0 Å². The monoisotopic (exact) mass is 297 g/mol. The molecule has 21 heavy (non-hydrogen) atoms. The van der Waals surface area contributed by atoms with Crippen LogP contribution in [0.2, 0.25) is 0 Å². The van der Waals surface area contributed by atoms with Crippen LogP contribution >= 0.6 is 0 Å². The molecule has 0 saturated heterocycles. The Morgan fingerprint density at radius 3 is 2.48 bits per heavy atom. The first-order valence-electron chi connectivity index (χ1n) is 7.21. The molecule has 120 valence electrons. The van der Waals surface area contributed by atoms with Crippen LogP contribution in [-0.4, -0.2) is 44.2 Å². The minimum Gasteiger partial charge on any atom is -0.491 e. The van der Waals surface area contributed by atoms with Gasteiger partial charge in [0.15, 0.2) is 0 Å². The van der Waals surface area contributed by atoms with Crippen molar-refractivity contribution in [1.29, 1.82) is 0 Å². The Morgan fingerprint density at radius 1 is 1.19 bits per heavy atom. The van der Waals surface area contributed by atoms with Gasteiger partial charge in [0.05, 0.1) is 19.3 Å². The van der Waals surface area contributed by atoms with Gasteiger partial charge in [0.2, 0.25) is 0 Å². The molecular formula is C16H27NO4. The highest BCUT2D eigenvalue weighted by Crippen LogP contribution is 2.22. The van der Waals surface area contributed by atoms with Gasteiger partial charge in [0.25, 0.3) is 0 Å². The van der Waals surface area contributed by atoms with Gasteiger partial charge in [-0.2, -0.15) is 0 Å². The maximum Gasteiger partial charge on any atom is 0.122 e. The van der Waals surface area contributed by atoms with Crippen LogP contribution in [-0.2, 0) is 9.47 Å². The Bertz CT molecular complexity index is 423. The molecule has 0 saturated carbocycles. The Labute approximate surface area is 127 Å². The number of hydrogen-bond donors (Lipinski definition) is 2. The summed E-state index contributed by atoms with van der Waals surface area (Å²) in [7, 11) is 1.62. The fourth-order valence-corrected chi connectivity index (χ4v) is 1.91. The van der Waals surface area contributed by atoms with Gasteiger partial charge < -0.3 is 25.1 Å². The molecule has 0 bridgehead atoms. The normalized spacial score (nSPS) is 15.5. The number of aliphatic hydroxyl groups excluding tert-OH is 1. The van der Waals surface area contributed by atoms with Crippen LogP contribution in [0, 0.1) is 6.92 Å². The van der Waals surface area contributed by atoms with Gasteiger partial charge in [-0.15, -0.1) is 0 Å². The Hall–Kier alpha value is -1.14. The fourth-order valence-electron chi connectivity index (χ4n) is 1.91. The number of aliphatic hydroxyl groups is 1. The summed E-state index contributed by atoms with van der Waals surface area (Å²) in [5.74, 6) is 0.753. The molecule has 0 radical (unpaired) electrons. The summed E-state index contributed by atoms with van der Waals surface area (Å²) in [6.45, 7) is 6.72. The lowest BCUT2D eigenvalue weighted by atomic mass is 10.1. The molecule has 1 aromatic carbocycles. The van der Waals surface area contributed by atoms with Gasteiger partial charge in [-0.05, 0) is 38.0 Å². The van der Waals surface area contributed by atoms with Crippen molar-refractivity contribution in [3.63, 3.8) is 0 Å². The summed E-state index contributed by atoms with van der Waals surface area (Å²) in [4.78, 5) is 0. The van der Waals surface area contributed by atoms with Crippen molar-refractivity contribution in [3.8, 4) is 5.75 Å². The van der Waals surface area contributed by atoms with E-state index in [1.165, 1.54) is 0 Å². The van der Waals surface area contributed by atoms with Crippen LogP contribution in [0.25, 0.3) is 0 Å². The lowest BCUT2D eigenvalue weighted by Crippen LogP contribution is -2.27. The first-order valence-corrected chi connectivity index (χ1v) is 7.21. The lowest BCUT2D eigenvalue weighted by Gasteiger charge is -2.17. The smallest absolute Gasteiger partial charge is 0.122 e. The second-order valence-electron chi connectivity index (χ2n) is 5.38. The summed E-state index contributed by atoms with van der Waals surface area (Å²) in [6, 6.07) is 5.83. The van der Waals surface area contributed by atoms with E-state index in [-0.39, 0.29) is 25.4 Å². The fraction of sp³-hybridized carbons (Fsp3) is 0.625. The van der Waals surface area contributed by atoms with Gasteiger partial charge in [0, 0.05) is 13.2 Å². The number of rotatable bonds is 9. The van der Waals surface area contributed by atoms with E-state index in [1.807, 2.05) is 39.0 Å². The third-order valence-electron chi connectivity index (χ3n) is 3.13. The molecule has 5 nitrogen and oxygen atoms in total. The van der Waals surface area contributed by atoms with Gasteiger partial charge in [-0.25, -0.2) is 0 Å². The largest absolute Gasteiger partial charge is 0.491 e. The van der Waals surface area contributed by atoms with Crippen molar-refractivity contribution in [3.05, 3.63) is 29.3 Å². The SMILES string of the molecule is COCC(C)OCC(O)COc1ccc([C@H](C)N)cc1C. The van der Waals surface area contributed by atoms with Crippen LogP contribution in [0.1, 0.15) is 31.0 Å². The molecule has 0 aliphatic rings. The molecule has 0 aromatic heterocycles. The summed E-state index contributed by atoms with van der Waals surface area (Å²) in [6.07, 6.45) is -0.714. The van der Waals surface area contributed by atoms with Gasteiger partial charge >= 0.3 is 0 Å². The number of benzene rings is 1. The van der Waals surface area contributed by atoms with Crippen LogP contribution in [0.15, 0.2) is 18.2 Å². The van der Waals surface area contributed by atoms with E-state index in [0.29, 0.717) is 6.61 Å². The predicted molar refractivity (Wildman–Crippen MR) is 82.6 cm³/mol. The minimum absolute atomic E-state index is 0.000914. The molecule has 1 rings (SSSR count). The molecule has 2 unspecified atom stereocenters. The molecule has 0 fully saturated rings. The summed E-state index contributed by atoms with van der Waals surface area (Å²) in [5.41, 5.74) is 7.91. The van der Waals surface area contributed by atoms with E-state index in [0.717, 1.165) is 16.9 Å². The summed E-state index contributed by atoms with van der Waals surface area (Å²) >= 11 is 0. The zero-order valence-electron chi connectivity index (χ0n) is 13.3. The van der Waals surface area contributed by atoms with Crippen LogP contribution in [0.5, 0.6) is 5.75 Å². The lowest BCUT2D eigenvalue weighted by molar-refractivity contribution is -0.0423. The van der Waals surface area contributed by atoms with E-state index in [4.69, 9.17) is 19.9 Å². The van der Waals surface area contributed by atoms with Crippen molar-refractivity contribution in [2.75, 3.05) is 26.9 Å². The number of ether oxygens (including phenoxy) is 3. The highest BCUT2D eigenvalue weighted by atomic mass is 16.5. The van der Waals surface area contributed by atoms with Gasteiger partial charge in [0.1, 0.15) is 18.5 Å². The first-order chi connectivity index (χ1) is 9.93. The molecule has 0 aliphatic carbocycles. The zero-order valence-corrected chi connectivity index (χ0v) is 13.3. The van der Waals surface area contributed by atoms with E-state index in [9.17, 15) is 5.11 Å². The maximum atomic E-state index is 9.85. The zero-order chi connectivity index (χ0) is 15.8. The Kier molecular flexibility index (Phi) is 7.67. The van der Waals surface area contributed by atoms with Crippen LogP contribution < -0.4 is 10.5 Å². The third kappa shape index (κ3) is 6.44. The van der Waals surface area contributed by atoms with E-state index in [1.54, 1.807) is 7.11 Å². The third-order valence-corrected chi connectivity index (χ3v) is 3.13. The Morgan fingerprint density at radius 2 is 1.90 bits per heavy atom. The second-order valence-corrected chi connectivity index (χ2v) is 5.38. The average Bonchev–Trinajstić information content (AvgIpc) is 2.44. The highest BCUT2D eigenvalue weighted by Gasteiger charge is 2.10. The van der Waals surface area contributed by atoms with Crippen LogP contribution in [0.4, 0.5) is 0 Å². The number of nitrogens with two attached hydrogens (primary N) is 1. The number of methoxy groups -OCH3 is 1. The molecule has 0 heterocycles. The topological polar surface area (TPSA) is 73.9 Å². The summed E-state index contributed by atoms with van der Waals surface area (Å²) in [5, 5.41) is 9.85. The molecule has 0 aliphatic heterocycles. The summed E-state index contributed by atoms with van der Waals surface area (Å²) < 4.78 is 16.0. The van der Waals surface area contributed by atoms with E-state index >= 15 is 0 Å². The van der Waals surface area contributed by atoms with Crippen molar-refractivity contribution in [1.82, 2.24) is 0 Å². The molecule has 0 spiro atoms. The number of aryl methyl sites for hydroxylation is 1. The molecule has 5 heteroatoms. The Balaban J connectivity index is 2.41. The highest BCUT2D eigenvalue weighted by molar-refractivity contribution is 5.37. The number of hydrogen-bond acceptors (Lipinski definition) is 5. The average molecular weight is 297 g/mol.